The molecule has 0 spiro atoms. The van der Waals surface area contributed by atoms with Crippen molar-refractivity contribution in [3.05, 3.63) is 35.9 Å². The first-order valence-corrected chi connectivity index (χ1v) is 25.2. The van der Waals surface area contributed by atoms with Crippen LogP contribution in [0.4, 0.5) is 0 Å². The second-order valence-corrected chi connectivity index (χ2v) is 17.4. The molecule has 0 aromatic heterocycles. The largest absolute Gasteiger partial charge is 0.466 e. The molecule has 1 rings (SSSR count). The number of carbonyl (C=O) groups is 3. The van der Waals surface area contributed by atoms with Gasteiger partial charge in [-0.3, -0.25) is 19.3 Å². The highest BCUT2D eigenvalue weighted by Crippen LogP contribution is 2.21. The molecule has 1 aromatic carbocycles. The first kappa shape index (κ1) is 54.6. The molecule has 1 aromatic rings. The Hall–Kier alpha value is -2.41. The molecule has 0 radical (unpaired) electrons. The number of hydrogen-bond acceptors (Lipinski definition) is 7. The van der Waals surface area contributed by atoms with E-state index in [1.807, 2.05) is 30.3 Å². The Morgan fingerprint density at radius 2 is 0.966 bits per heavy atom. The molecule has 59 heavy (non-hydrogen) atoms. The zero-order valence-corrected chi connectivity index (χ0v) is 39.1. The lowest BCUT2D eigenvalue weighted by Gasteiger charge is -2.32. The summed E-state index contributed by atoms with van der Waals surface area (Å²) >= 11 is 0. The Balaban J connectivity index is 2.63. The first-order chi connectivity index (χ1) is 28.9. The third kappa shape index (κ3) is 33.9. The van der Waals surface area contributed by atoms with Crippen molar-refractivity contribution in [1.82, 2.24) is 4.90 Å². The number of unbranched alkanes of at least 4 members (excludes halogenated alkanes) is 20. The zero-order chi connectivity index (χ0) is 42.9. The van der Waals surface area contributed by atoms with E-state index in [4.69, 9.17) is 14.2 Å². The van der Waals surface area contributed by atoms with Gasteiger partial charge in [0.2, 0.25) is 0 Å². The van der Waals surface area contributed by atoms with Crippen LogP contribution in [0, 0.1) is 0 Å². The number of esters is 3. The molecule has 0 saturated carbocycles. The molecule has 0 saturated heterocycles. The van der Waals surface area contributed by atoms with Crippen molar-refractivity contribution in [2.45, 2.75) is 258 Å². The van der Waals surface area contributed by atoms with Crippen LogP contribution in [0.1, 0.15) is 245 Å². The van der Waals surface area contributed by atoms with E-state index in [0.717, 1.165) is 108 Å². The highest BCUT2D eigenvalue weighted by atomic mass is 16.5. The van der Waals surface area contributed by atoms with Crippen LogP contribution in [0.3, 0.4) is 0 Å². The summed E-state index contributed by atoms with van der Waals surface area (Å²) in [5, 5.41) is 0. The van der Waals surface area contributed by atoms with Crippen LogP contribution in [-0.2, 0) is 35.2 Å². The molecule has 0 amide bonds. The predicted octanol–water partition coefficient (Wildman–Crippen LogP) is 14.8. The smallest absolute Gasteiger partial charge is 0.307 e. The minimum atomic E-state index is -0.168. The normalized spacial score (nSPS) is 12.0. The van der Waals surface area contributed by atoms with E-state index in [-0.39, 0.29) is 24.0 Å². The predicted molar refractivity (Wildman–Crippen MR) is 247 cm³/mol. The number of benzene rings is 1. The van der Waals surface area contributed by atoms with Crippen molar-refractivity contribution in [1.29, 1.82) is 0 Å². The Kier molecular flexibility index (Phi) is 37.9. The Labute approximate surface area is 364 Å². The molecule has 0 aliphatic heterocycles. The van der Waals surface area contributed by atoms with Crippen molar-refractivity contribution in [2.24, 2.45) is 0 Å². The van der Waals surface area contributed by atoms with E-state index in [0.29, 0.717) is 45.1 Å². The van der Waals surface area contributed by atoms with E-state index >= 15 is 0 Å². The highest BCUT2D eigenvalue weighted by Gasteiger charge is 2.21. The Morgan fingerprint density at radius 1 is 0.458 bits per heavy atom. The van der Waals surface area contributed by atoms with Crippen LogP contribution in [0.2, 0.25) is 0 Å². The fraction of sp³-hybridized carbons (Fsp3) is 0.827. The molecule has 0 N–H and O–H groups in total. The number of nitrogens with zero attached hydrogens (tertiary/aromatic N) is 1. The second-order valence-electron chi connectivity index (χ2n) is 17.4. The van der Waals surface area contributed by atoms with Crippen LogP contribution in [0.25, 0.3) is 0 Å². The summed E-state index contributed by atoms with van der Waals surface area (Å²) in [6, 6.07) is 10.2. The molecular formula is C52H93NO6. The molecule has 342 valence electrons. The minimum Gasteiger partial charge on any atom is -0.466 e. The maximum absolute atomic E-state index is 13.2. The maximum atomic E-state index is 13.2. The number of carbonyl (C=O) groups excluding carboxylic acids is 3. The van der Waals surface area contributed by atoms with Gasteiger partial charge in [0.05, 0.1) is 13.0 Å². The van der Waals surface area contributed by atoms with Gasteiger partial charge in [-0.15, -0.1) is 0 Å². The summed E-state index contributed by atoms with van der Waals surface area (Å²) in [5.74, 6) is -0.267. The Bertz CT molecular complexity index is 1080. The average Bonchev–Trinajstić information content (AvgIpc) is 3.24. The monoisotopic (exact) mass is 828 g/mol. The Morgan fingerprint density at radius 3 is 1.56 bits per heavy atom. The molecule has 0 heterocycles. The summed E-state index contributed by atoms with van der Waals surface area (Å²) in [6.07, 6.45) is 35.9. The van der Waals surface area contributed by atoms with Crippen molar-refractivity contribution in [3.63, 3.8) is 0 Å². The second kappa shape index (κ2) is 41.0. The lowest BCUT2D eigenvalue weighted by molar-refractivity contribution is -0.150. The zero-order valence-electron chi connectivity index (χ0n) is 39.1. The highest BCUT2D eigenvalue weighted by molar-refractivity contribution is 5.70. The van der Waals surface area contributed by atoms with Gasteiger partial charge in [0.25, 0.3) is 0 Å². The van der Waals surface area contributed by atoms with E-state index in [2.05, 4.69) is 32.6 Å². The van der Waals surface area contributed by atoms with Gasteiger partial charge >= 0.3 is 17.9 Å². The fourth-order valence-corrected chi connectivity index (χ4v) is 8.09. The van der Waals surface area contributed by atoms with Crippen LogP contribution < -0.4 is 0 Å². The summed E-state index contributed by atoms with van der Waals surface area (Å²) in [4.78, 5) is 40.9. The van der Waals surface area contributed by atoms with Gasteiger partial charge < -0.3 is 14.2 Å². The van der Waals surface area contributed by atoms with Crippen LogP contribution in [0.15, 0.2) is 30.3 Å². The van der Waals surface area contributed by atoms with Crippen molar-refractivity contribution < 1.29 is 28.6 Å². The molecule has 0 aliphatic rings. The van der Waals surface area contributed by atoms with E-state index < -0.39 is 0 Å². The van der Waals surface area contributed by atoms with Gasteiger partial charge in [-0.1, -0.05) is 186 Å². The minimum absolute atomic E-state index is 0.0417. The van der Waals surface area contributed by atoms with Crippen molar-refractivity contribution in [2.75, 3.05) is 19.7 Å². The van der Waals surface area contributed by atoms with Gasteiger partial charge in [0, 0.05) is 25.4 Å². The number of rotatable bonds is 43. The number of hydrogen-bond donors (Lipinski definition) is 0. The standard InChI is InChI=1S/C52H93NO6/c1-5-9-12-15-18-24-32-45-57-50(54)40-30-22-19-23-31-43-53(44-42-51(55)58-46-47-35-26-25-27-36-47)48(34-8-4)37-33-41-52(56)59-49(38-28-20-16-13-10-6-2)39-29-21-17-14-11-7-3/h25-27,35-36,48-49H,5-24,28-34,37-46H2,1-4H3. The van der Waals surface area contributed by atoms with E-state index in [1.54, 1.807) is 0 Å². The molecule has 1 unspecified atom stereocenters. The lowest BCUT2D eigenvalue weighted by Crippen LogP contribution is -2.38. The molecular weight excluding hydrogens is 735 g/mol. The van der Waals surface area contributed by atoms with E-state index in [9.17, 15) is 14.4 Å². The summed E-state index contributed by atoms with van der Waals surface area (Å²) in [6.45, 7) is 11.4. The van der Waals surface area contributed by atoms with Crippen molar-refractivity contribution in [3.8, 4) is 0 Å². The van der Waals surface area contributed by atoms with Gasteiger partial charge in [0.1, 0.15) is 12.7 Å². The van der Waals surface area contributed by atoms with Gasteiger partial charge in [-0.05, 0) is 76.3 Å². The molecule has 0 bridgehead atoms. The summed E-state index contributed by atoms with van der Waals surface area (Å²) < 4.78 is 17.3. The third-order valence-corrected chi connectivity index (χ3v) is 11.8. The quantitative estimate of drug-likeness (QED) is 0.0368. The summed E-state index contributed by atoms with van der Waals surface area (Å²) in [7, 11) is 0. The molecule has 7 heteroatoms. The van der Waals surface area contributed by atoms with Gasteiger partial charge in [-0.25, -0.2) is 0 Å². The van der Waals surface area contributed by atoms with Crippen LogP contribution >= 0.6 is 0 Å². The average molecular weight is 828 g/mol. The maximum Gasteiger partial charge on any atom is 0.307 e. The molecule has 0 aliphatic carbocycles. The first-order valence-electron chi connectivity index (χ1n) is 25.2. The third-order valence-electron chi connectivity index (χ3n) is 11.8. The molecule has 1 atom stereocenters. The molecule has 7 nitrogen and oxygen atoms in total. The van der Waals surface area contributed by atoms with E-state index in [1.165, 1.54) is 96.3 Å². The summed E-state index contributed by atoms with van der Waals surface area (Å²) in [5.41, 5.74) is 0.996. The lowest BCUT2D eigenvalue weighted by atomic mass is 10.0. The van der Waals surface area contributed by atoms with Gasteiger partial charge in [-0.2, -0.15) is 0 Å². The van der Waals surface area contributed by atoms with Crippen molar-refractivity contribution >= 4 is 17.9 Å². The number of ether oxygens (including phenoxy) is 3. The SMILES string of the molecule is CCCCCCCCCOC(=O)CCCCCCCN(CCC(=O)OCc1ccccc1)C(CCC)CCCC(=O)OC(CCCCCCCC)CCCCCCCC. The van der Waals surface area contributed by atoms with Crippen LogP contribution in [-0.4, -0.2) is 54.7 Å². The van der Waals surface area contributed by atoms with Gasteiger partial charge in [0.15, 0.2) is 0 Å². The fourth-order valence-electron chi connectivity index (χ4n) is 8.09. The topological polar surface area (TPSA) is 82.1 Å². The molecule has 0 fully saturated rings. The van der Waals surface area contributed by atoms with Crippen LogP contribution in [0.5, 0.6) is 0 Å².